The number of hydrogen-bond acceptors (Lipinski definition) is 5. The third-order valence-corrected chi connectivity index (χ3v) is 5.18. The zero-order chi connectivity index (χ0) is 21.8. The number of carbonyl (C=O) groups excluding carboxylic acids is 1. The highest BCUT2D eigenvalue weighted by Crippen LogP contribution is 2.22. The van der Waals surface area contributed by atoms with E-state index in [0.717, 1.165) is 32.7 Å². The lowest BCUT2D eigenvalue weighted by molar-refractivity contribution is -0.385. The molecule has 1 amide bonds. The molecule has 0 bridgehead atoms. The van der Waals surface area contributed by atoms with Gasteiger partial charge >= 0.3 is 0 Å². The summed E-state index contributed by atoms with van der Waals surface area (Å²) in [5, 5.41) is 15.7. The number of halogens is 1. The van der Waals surface area contributed by atoms with E-state index in [1.807, 2.05) is 42.6 Å². The third-order valence-electron chi connectivity index (χ3n) is 4.65. The Kier molecular flexibility index (Phi) is 5.85. The quantitative estimate of drug-likeness (QED) is 0.250. The summed E-state index contributed by atoms with van der Waals surface area (Å²) in [4.78, 5) is 26.1. The molecule has 154 valence electrons. The van der Waals surface area contributed by atoms with Crippen molar-refractivity contribution in [2.24, 2.45) is 5.10 Å². The number of nitro groups is 1. The first-order chi connectivity index (χ1) is 15.0. The van der Waals surface area contributed by atoms with Gasteiger partial charge in [-0.25, -0.2) is 10.4 Å². The van der Waals surface area contributed by atoms with Crippen LogP contribution in [-0.4, -0.2) is 26.6 Å². The molecule has 0 radical (unpaired) electrons. The number of hydrazone groups is 1. The maximum atomic E-state index is 12.2. The van der Waals surface area contributed by atoms with Gasteiger partial charge in [0.25, 0.3) is 11.6 Å². The molecular formula is C22H16BrN5O3. The Labute approximate surface area is 185 Å². The van der Waals surface area contributed by atoms with Crippen molar-refractivity contribution >= 4 is 44.6 Å². The van der Waals surface area contributed by atoms with Gasteiger partial charge in [-0.2, -0.15) is 5.10 Å². The summed E-state index contributed by atoms with van der Waals surface area (Å²) in [6.07, 6.45) is 4.59. The molecule has 4 aromatic rings. The Morgan fingerprint density at radius 2 is 1.94 bits per heavy atom. The lowest BCUT2D eigenvalue weighted by atomic mass is 10.2. The van der Waals surface area contributed by atoms with Crippen molar-refractivity contribution < 1.29 is 9.72 Å². The molecule has 0 aliphatic carbocycles. The van der Waals surface area contributed by atoms with Gasteiger partial charge in [0.1, 0.15) is 11.9 Å². The molecule has 0 spiro atoms. The van der Waals surface area contributed by atoms with E-state index in [1.165, 1.54) is 12.1 Å². The van der Waals surface area contributed by atoms with E-state index >= 15 is 0 Å². The number of fused-ring (bicyclic) bond motifs is 1. The van der Waals surface area contributed by atoms with Crippen LogP contribution < -0.4 is 5.43 Å². The molecule has 1 N–H and O–H groups in total. The number of rotatable bonds is 6. The van der Waals surface area contributed by atoms with Gasteiger partial charge in [0.15, 0.2) is 0 Å². The molecule has 0 aliphatic rings. The zero-order valence-electron chi connectivity index (χ0n) is 16.1. The predicted octanol–water partition coefficient (Wildman–Crippen LogP) is 4.52. The molecule has 2 heterocycles. The van der Waals surface area contributed by atoms with Crippen LogP contribution in [0.15, 0.2) is 82.6 Å². The highest BCUT2D eigenvalue weighted by molar-refractivity contribution is 9.10. The van der Waals surface area contributed by atoms with Crippen LogP contribution in [0.2, 0.25) is 0 Å². The average molecular weight is 478 g/mol. The first-order valence-corrected chi connectivity index (χ1v) is 10.1. The number of nitrogens with zero attached hydrogens (tertiary/aromatic N) is 4. The molecule has 4 rings (SSSR count). The number of amides is 1. The minimum Gasteiger partial charge on any atom is -0.342 e. The molecule has 9 heteroatoms. The number of pyridine rings is 1. The Morgan fingerprint density at radius 3 is 2.65 bits per heavy atom. The summed E-state index contributed by atoms with van der Waals surface area (Å²) >= 11 is 3.45. The Bertz CT molecular complexity index is 1280. The number of para-hydroxylation sites is 1. The largest absolute Gasteiger partial charge is 0.342 e. The van der Waals surface area contributed by atoms with E-state index in [-0.39, 0.29) is 11.4 Å². The second-order valence-corrected chi connectivity index (χ2v) is 7.63. The van der Waals surface area contributed by atoms with Gasteiger partial charge in [0, 0.05) is 39.7 Å². The van der Waals surface area contributed by atoms with E-state index < -0.39 is 10.8 Å². The van der Waals surface area contributed by atoms with E-state index in [1.54, 1.807) is 6.21 Å². The summed E-state index contributed by atoms with van der Waals surface area (Å²) in [5.74, 6) is -0.551. The van der Waals surface area contributed by atoms with Crippen LogP contribution in [0.5, 0.6) is 0 Å². The second-order valence-electron chi connectivity index (χ2n) is 6.71. The minimum atomic E-state index is -0.573. The third kappa shape index (κ3) is 4.67. The van der Waals surface area contributed by atoms with Crippen molar-refractivity contribution in [3.05, 3.63) is 104 Å². The zero-order valence-corrected chi connectivity index (χ0v) is 17.7. The van der Waals surface area contributed by atoms with Gasteiger partial charge in [-0.15, -0.1) is 0 Å². The number of benzene rings is 2. The Morgan fingerprint density at radius 1 is 1.16 bits per heavy atom. The maximum absolute atomic E-state index is 12.2. The molecule has 0 saturated carbocycles. The normalized spacial score (nSPS) is 11.1. The number of nitrogens with one attached hydrogen (secondary N) is 1. The molecule has 8 nitrogen and oxygen atoms in total. The number of carbonyl (C=O) groups is 1. The van der Waals surface area contributed by atoms with Crippen LogP contribution in [0.4, 0.5) is 5.69 Å². The number of aromatic nitrogens is 2. The first-order valence-electron chi connectivity index (χ1n) is 9.27. The predicted molar refractivity (Wildman–Crippen MR) is 121 cm³/mol. The maximum Gasteiger partial charge on any atom is 0.289 e. The summed E-state index contributed by atoms with van der Waals surface area (Å²) < 4.78 is 3.15. The highest BCUT2D eigenvalue weighted by atomic mass is 79.9. The molecule has 0 aliphatic heterocycles. The van der Waals surface area contributed by atoms with Crippen LogP contribution in [0.1, 0.15) is 21.6 Å². The summed E-state index contributed by atoms with van der Waals surface area (Å²) in [5.41, 5.74) is 5.33. The van der Waals surface area contributed by atoms with Crippen LogP contribution >= 0.6 is 15.9 Å². The van der Waals surface area contributed by atoms with Crippen LogP contribution in [0.3, 0.4) is 0 Å². The second kappa shape index (κ2) is 8.88. The molecule has 0 saturated heterocycles. The summed E-state index contributed by atoms with van der Waals surface area (Å²) in [6, 6.07) is 18.6. The monoisotopic (exact) mass is 477 g/mol. The lowest BCUT2D eigenvalue weighted by Crippen LogP contribution is -2.18. The van der Waals surface area contributed by atoms with E-state index in [9.17, 15) is 14.9 Å². The van der Waals surface area contributed by atoms with Gasteiger partial charge in [-0.05, 0) is 29.8 Å². The first kappa shape index (κ1) is 20.4. The van der Waals surface area contributed by atoms with Crippen molar-refractivity contribution in [3.63, 3.8) is 0 Å². The molecule has 0 atom stereocenters. The van der Waals surface area contributed by atoms with Crippen LogP contribution in [0.25, 0.3) is 10.9 Å². The summed E-state index contributed by atoms with van der Waals surface area (Å²) in [7, 11) is 0. The number of hydrogen-bond donors (Lipinski definition) is 1. The van der Waals surface area contributed by atoms with Crippen molar-refractivity contribution in [2.75, 3.05) is 0 Å². The van der Waals surface area contributed by atoms with Crippen LogP contribution in [-0.2, 0) is 6.54 Å². The fourth-order valence-corrected chi connectivity index (χ4v) is 3.41. The summed E-state index contributed by atoms with van der Waals surface area (Å²) in [6.45, 7) is 0.695. The fraction of sp³-hybridized carbons (Fsp3) is 0.0455. The average Bonchev–Trinajstić information content (AvgIpc) is 3.13. The molecule has 0 fully saturated rings. The molecule has 2 aromatic heterocycles. The van der Waals surface area contributed by atoms with Gasteiger partial charge in [-0.1, -0.05) is 46.3 Å². The Hall–Kier alpha value is -3.85. The van der Waals surface area contributed by atoms with E-state index in [4.69, 9.17) is 0 Å². The fourth-order valence-electron chi connectivity index (χ4n) is 3.14. The van der Waals surface area contributed by atoms with Crippen molar-refractivity contribution in [1.29, 1.82) is 0 Å². The molecule has 2 aromatic carbocycles. The van der Waals surface area contributed by atoms with Crippen molar-refractivity contribution in [1.82, 2.24) is 15.0 Å². The van der Waals surface area contributed by atoms with Gasteiger partial charge in [0.2, 0.25) is 0 Å². The highest BCUT2D eigenvalue weighted by Gasteiger charge is 2.11. The van der Waals surface area contributed by atoms with E-state index in [0.29, 0.717) is 6.54 Å². The van der Waals surface area contributed by atoms with Crippen molar-refractivity contribution in [2.45, 2.75) is 6.54 Å². The van der Waals surface area contributed by atoms with E-state index in [2.05, 4.69) is 48.1 Å². The topological polar surface area (TPSA) is 102 Å². The van der Waals surface area contributed by atoms with Gasteiger partial charge in [0.05, 0.1) is 11.1 Å². The molecule has 31 heavy (non-hydrogen) atoms. The standard InChI is InChI=1S/C22H16BrN5O3/c23-17-7-5-15(6-8-17)13-27-14-16(19-3-1-2-4-21(19)27)11-25-26-22(29)20-10-9-18(12-24-20)28(30)31/h1-12,14H,13H2,(H,26,29)/b25-11+. The SMILES string of the molecule is O=C(N/N=C/c1cn(Cc2ccc(Br)cc2)c2ccccc12)c1ccc([N+](=O)[O-])cn1. The lowest BCUT2D eigenvalue weighted by Gasteiger charge is -2.05. The van der Waals surface area contributed by atoms with Crippen molar-refractivity contribution in [3.8, 4) is 0 Å². The minimum absolute atomic E-state index is 0.0421. The van der Waals surface area contributed by atoms with Gasteiger partial charge < -0.3 is 4.57 Å². The van der Waals surface area contributed by atoms with Crippen LogP contribution in [0, 0.1) is 10.1 Å². The van der Waals surface area contributed by atoms with Gasteiger partial charge in [-0.3, -0.25) is 14.9 Å². The Balaban J connectivity index is 1.52. The molecule has 0 unspecified atom stereocenters. The molecular weight excluding hydrogens is 462 g/mol. The smallest absolute Gasteiger partial charge is 0.289 e.